The molecule has 1 aliphatic rings. The summed E-state index contributed by atoms with van der Waals surface area (Å²) in [5.74, 6) is 0. The van der Waals surface area contributed by atoms with Gasteiger partial charge in [0.15, 0.2) is 0 Å². The quantitative estimate of drug-likeness (QED) is 0.348. The second-order valence-corrected chi connectivity index (χ2v) is 4.37. The van der Waals surface area contributed by atoms with Crippen molar-refractivity contribution in [1.82, 2.24) is 10.6 Å². The molecule has 118 valence electrons. The Kier molecular flexibility index (Phi) is 15.5. The van der Waals surface area contributed by atoms with Crippen LogP contribution < -0.4 is 10.6 Å². The Morgan fingerprint density at radius 3 is 2.05 bits per heavy atom. The fraction of sp³-hybridized carbons (Fsp3) is 0.833. The highest BCUT2D eigenvalue weighted by Crippen LogP contribution is 2.16. The predicted octanol–water partition coefficient (Wildman–Crippen LogP) is 3.24. The van der Waals surface area contributed by atoms with Crippen LogP contribution in [0.25, 0.3) is 0 Å². The van der Waals surface area contributed by atoms with Gasteiger partial charge in [-0.25, -0.2) is 20.7 Å². The lowest BCUT2D eigenvalue weighted by atomic mass is 9.96. The number of carboxylic acid groups (broad SMARTS) is 2. The first-order chi connectivity index (χ1) is 9.56. The van der Waals surface area contributed by atoms with Crippen LogP contribution >= 0.6 is 0 Å². The van der Waals surface area contributed by atoms with Crippen LogP contribution in [-0.4, -0.2) is 35.0 Å². The molecule has 0 saturated heterocycles. The lowest BCUT2D eigenvalue weighted by Crippen LogP contribution is -2.34. The van der Waals surface area contributed by atoms with Gasteiger partial charge in [0.25, 0.3) is 0 Å². The van der Waals surface area contributed by atoms with Gasteiger partial charge in [0.05, 0.1) is 0 Å². The van der Waals surface area contributed by atoms with Gasteiger partial charge in [-0.2, -0.15) is 0 Å². The maximum Gasteiger partial charge on any atom is 0.404 e. The molecule has 2 amide bonds. The first-order valence-corrected chi connectivity index (χ1v) is 6.77. The number of unbranched alkanes of at least 4 members (excludes halogenated alkanes) is 1. The zero-order chi connectivity index (χ0) is 15.8. The summed E-state index contributed by atoms with van der Waals surface area (Å²) in [6.45, 7) is 2.59. The summed E-state index contributed by atoms with van der Waals surface area (Å²) in [5.41, 5.74) is 10.0. The van der Waals surface area contributed by atoms with E-state index in [-0.39, 0.29) is 6.04 Å². The number of rotatable bonds is 4. The number of amides is 2. The van der Waals surface area contributed by atoms with Crippen LogP contribution in [0.4, 0.5) is 9.59 Å². The van der Waals surface area contributed by atoms with Crippen molar-refractivity contribution in [1.29, 1.82) is 11.1 Å². The number of nitrogens with one attached hydrogen (secondary N) is 4. The Labute approximate surface area is 119 Å². The molecular weight excluding hydrogens is 264 g/mol. The van der Waals surface area contributed by atoms with Gasteiger partial charge >= 0.3 is 12.2 Å². The van der Waals surface area contributed by atoms with Crippen molar-refractivity contribution in [2.75, 3.05) is 6.54 Å². The minimum Gasteiger partial charge on any atom is -0.465 e. The van der Waals surface area contributed by atoms with E-state index in [9.17, 15) is 9.59 Å². The number of carbonyl (C=O) groups is 2. The van der Waals surface area contributed by atoms with Crippen molar-refractivity contribution in [2.24, 2.45) is 0 Å². The molecule has 0 aromatic heterocycles. The molecule has 0 unspecified atom stereocenters. The van der Waals surface area contributed by atoms with Crippen LogP contribution in [0.15, 0.2) is 0 Å². The fourth-order valence-electron chi connectivity index (χ4n) is 1.79. The molecule has 0 heterocycles. The van der Waals surface area contributed by atoms with E-state index in [0.717, 1.165) is 25.7 Å². The van der Waals surface area contributed by atoms with Crippen molar-refractivity contribution >= 4 is 12.2 Å². The Morgan fingerprint density at radius 1 is 1.10 bits per heavy atom. The predicted molar refractivity (Wildman–Crippen MR) is 74.4 cm³/mol. The second-order valence-electron chi connectivity index (χ2n) is 4.37. The van der Waals surface area contributed by atoms with E-state index < -0.39 is 12.2 Å². The van der Waals surface area contributed by atoms with E-state index in [1.807, 2.05) is 6.92 Å². The molecule has 0 atom stereocenters. The van der Waals surface area contributed by atoms with Crippen molar-refractivity contribution < 1.29 is 19.8 Å². The van der Waals surface area contributed by atoms with Crippen LogP contribution in [0, 0.1) is 11.1 Å². The molecule has 1 rings (SSSR count). The molecule has 0 aliphatic heterocycles. The molecule has 1 saturated carbocycles. The number of hydrogen-bond acceptors (Lipinski definition) is 4. The summed E-state index contributed by atoms with van der Waals surface area (Å²) in [5, 5.41) is 21.1. The summed E-state index contributed by atoms with van der Waals surface area (Å²) in [6.07, 6.45) is 5.78. The van der Waals surface area contributed by atoms with Crippen LogP contribution in [0.2, 0.25) is 0 Å². The average Bonchev–Trinajstić information content (AvgIpc) is 2.42. The summed E-state index contributed by atoms with van der Waals surface area (Å²) < 4.78 is 0. The van der Waals surface area contributed by atoms with Crippen molar-refractivity contribution in [3.8, 4) is 0 Å². The van der Waals surface area contributed by atoms with Gasteiger partial charge in [-0.3, -0.25) is 0 Å². The summed E-state index contributed by atoms with van der Waals surface area (Å²) in [7, 11) is 0. The third-order valence-corrected chi connectivity index (χ3v) is 2.74. The Morgan fingerprint density at radius 2 is 1.65 bits per heavy atom. The number of hydrogen-bond donors (Lipinski definition) is 6. The van der Waals surface area contributed by atoms with Crippen molar-refractivity contribution in [3.05, 3.63) is 0 Å². The van der Waals surface area contributed by atoms with Crippen LogP contribution in [-0.2, 0) is 0 Å². The summed E-state index contributed by atoms with van der Waals surface area (Å²) in [6, 6.07) is 0.228. The van der Waals surface area contributed by atoms with E-state index in [2.05, 4.69) is 10.6 Å². The van der Waals surface area contributed by atoms with E-state index in [1.54, 1.807) is 0 Å². The summed E-state index contributed by atoms with van der Waals surface area (Å²) >= 11 is 0. The lowest BCUT2D eigenvalue weighted by Gasteiger charge is -2.20. The molecule has 0 spiro atoms. The second kappa shape index (κ2) is 15.2. The monoisotopic (exact) mass is 290 g/mol. The van der Waals surface area contributed by atoms with Gasteiger partial charge in [0.2, 0.25) is 0 Å². The fourth-order valence-corrected chi connectivity index (χ4v) is 1.79. The van der Waals surface area contributed by atoms with Crippen molar-refractivity contribution in [3.63, 3.8) is 0 Å². The Hall–Kier alpha value is -1.86. The molecule has 8 nitrogen and oxygen atoms in total. The maximum absolute atomic E-state index is 10.2. The van der Waals surface area contributed by atoms with Gasteiger partial charge in [0.1, 0.15) is 0 Å². The highest BCUT2D eigenvalue weighted by atomic mass is 16.4. The van der Waals surface area contributed by atoms with E-state index in [1.165, 1.54) is 19.3 Å². The third kappa shape index (κ3) is 16.1. The molecule has 0 radical (unpaired) electrons. The zero-order valence-electron chi connectivity index (χ0n) is 11.9. The molecule has 6 N–H and O–H groups in total. The molecule has 0 aromatic carbocycles. The Balaban J connectivity index is 0. The van der Waals surface area contributed by atoms with Crippen LogP contribution in [0.5, 0.6) is 0 Å². The topological polar surface area (TPSA) is 146 Å². The third-order valence-electron chi connectivity index (χ3n) is 2.74. The lowest BCUT2D eigenvalue weighted by molar-refractivity contribution is 0.186. The minimum atomic E-state index is -0.932. The standard InChI is InChI=1S/C7H13NO2.C5H11NO2.H2N2/c9-7(10)8-6-4-2-1-3-5-6;1-2-3-4-6-5(7)8;1-2/h6,8H,1-5H2,(H,9,10);6H,2-4H2,1H3,(H,7,8);1-2H. The largest absolute Gasteiger partial charge is 0.465 e. The van der Waals surface area contributed by atoms with Crippen LogP contribution in [0.1, 0.15) is 51.9 Å². The van der Waals surface area contributed by atoms with E-state index >= 15 is 0 Å². The van der Waals surface area contributed by atoms with Crippen LogP contribution in [0.3, 0.4) is 0 Å². The van der Waals surface area contributed by atoms with Gasteiger partial charge in [-0.05, 0) is 19.3 Å². The summed E-state index contributed by atoms with van der Waals surface area (Å²) in [4.78, 5) is 19.9. The molecule has 1 fully saturated rings. The highest BCUT2D eigenvalue weighted by molar-refractivity contribution is 5.64. The Bertz CT molecular complexity index is 258. The normalized spacial score (nSPS) is 13.8. The maximum atomic E-state index is 10.2. The molecule has 1 aliphatic carbocycles. The smallest absolute Gasteiger partial charge is 0.404 e. The molecule has 0 aromatic rings. The van der Waals surface area contributed by atoms with E-state index in [0.29, 0.717) is 6.54 Å². The highest BCUT2D eigenvalue weighted by Gasteiger charge is 2.14. The zero-order valence-corrected chi connectivity index (χ0v) is 11.9. The molecule has 20 heavy (non-hydrogen) atoms. The molecule has 0 bridgehead atoms. The first-order valence-electron chi connectivity index (χ1n) is 6.77. The van der Waals surface area contributed by atoms with E-state index in [4.69, 9.17) is 21.3 Å². The first kappa shape index (κ1) is 20.5. The molecule has 8 heteroatoms. The molecular formula is C12H26N4O4. The average molecular weight is 290 g/mol. The van der Waals surface area contributed by atoms with Gasteiger partial charge < -0.3 is 20.8 Å². The van der Waals surface area contributed by atoms with Gasteiger partial charge in [-0.15, -0.1) is 0 Å². The van der Waals surface area contributed by atoms with Gasteiger partial charge in [0, 0.05) is 12.6 Å². The van der Waals surface area contributed by atoms with Gasteiger partial charge in [-0.1, -0.05) is 32.6 Å². The minimum absolute atomic E-state index is 0.228. The van der Waals surface area contributed by atoms with Crippen molar-refractivity contribution in [2.45, 2.75) is 57.9 Å². The SMILES string of the molecule is CCCCNC(=O)O.N=N.O=C(O)NC1CCCCC1.